The number of nitrogens with zero attached hydrogens (tertiary/aromatic N) is 2. The van der Waals surface area contributed by atoms with E-state index in [9.17, 15) is 0 Å². The predicted molar refractivity (Wildman–Crippen MR) is 47.0 cm³/mol. The van der Waals surface area contributed by atoms with Crippen LogP contribution in [0.5, 0.6) is 0 Å². The molecule has 0 amide bonds. The molecule has 2 aromatic rings. The van der Waals surface area contributed by atoms with Crippen LogP contribution in [0.2, 0.25) is 0 Å². The molecule has 2 heterocycles. The van der Waals surface area contributed by atoms with Crippen LogP contribution < -0.4 is 0 Å². The summed E-state index contributed by atoms with van der Waals surface area (Å²) in [5, 5.41) is 6.26. The molecule has 56 valence electrons. The molecule has 2 nitrogen and oxygen atoms in total. The van der Waals surface area contributed by atoms with Gasteiger partial charge in [-0.2, -0.15) is 0 Å². The summed E-state index contributed by atoms with van der Waals surface area (Å²) in [5.41, 5.74) is 0. The third-order valence-corrected chi connectivity index (χ3v) is 2.83. The van der Waals surface area contributed by atoms with Crippen LogP contribution in [-0.4, -0.2) is 9.97 Å². The molecule has 0 aromatic carbocycles. The van der Waals surface area contributed by atoms with E-state index in [1.54, 1.807) is 22.7 Å². The zero-order valence-corrected chi connectivity index (χ0v) is 7.36. The second-order valence-corrected chi connectivity index (χ2v) is 3.99. The number of hydrogen-bond donors (Lipinski definition) is 0. The van der Waals surface area contributed by atoms with E-state index < -0.39 is 0 Å². The topological polar surface area (TPSA) is 25.8 Å². The second kappa shape index (κ2) is 3.11. The lowest BCUT2D eigenvalue weighted by molar-refractivity contribution is 1.10. The molecular formula is C7H6N2S2. The Morgan fingerprint density at radius 3 is 1.91 bits per heavy atom. The molecule has 2 rings (SSSR count). The Kier molecular flexibility index (Phi) is 1.96. The Labute approximate surface area is 72.6 Å². The molecular weight excluding hydrogens is 176 g/mol. The molecule has 0 aliphatic heterocycles. The van der Waals surface area contributed by atoms with Gasteiger partial charge in [-0.3, -0.25) is 0 Å². The molecule has 0 bridgehead atoms. The van der Waals surface area contributed by atoms with Crippen LogP contribution in [0.4, 0.5) is 0 Å². The van der Waals surface area contributed by atoms with Crippen molar-refractivity contribution in [3.05, 3.63) is 33.2 Å². The van der Waals surface area contributed by atoms with E-state index in [1.807, 2.05) is 23.2 Å². The highest BCUT2D eigenvalue weighted by Crippen LogP contribution is 2.13. The van der Waals surface area contributed by atoms with Crippen molar-refractivity contribution in [2.75, 3.05) is 0 Å². The van der Waals surface area contributed by atoms with Crippen molar-refractivity contribution < 1.29 is 0 Å². The largest absolute Gasteiger partial charge is 0.249 e. The van der Waals surface area contributed by atoms with Gasteiger partial charge in [0.05, 0.1) is 16.4 Å². The first-order chi connectivity index (χ1) is 5.45. The van der Waals surface area contributed by atoms with Crippen molar-refractivity contribution in [2.45, 2.75) is 6.42 Å². The van der Waals surface area contributed by atoms with E-state index in [4.69, 9.17) is 0 Å². The van der Waals surface area contributed by atoms with E-state index in [2.05, 4.69) is 9.97 Å². The minimum atomic E-state index is 0.884. The Hall–Kier alpha value is -0.740. The van der Waals surface area contributed by atoms with Gasteiger partial charge in [0.25, 0.3) is 0 Å². The minimum absolute atomic E-state index is 0.884. The van der Waals surface area contributed by atoms with Crippen molar-refractivity contribution in [3.63, 3.8) is 0 Å². The fraction of sp³-hybridized carbons (Fsp3) is 0.143. The third kappa shape index (κ3) is 1.64. The standard InChI is InChI=1S/C7H6N2S2/c1-3-10-6(8-1)5-7-9-2-4-11-7/h1-4H,5H2. The molecule has 0 spiro atoms. The van der Waals surface area contributed by atoms with Crippen LogP contribution in [0.25, 0.3) is 0 Å². The SMILES string of the molecule is c1csc(Cc2nccs2)n1. The molecule has 0 aliphatic carbocycles. The van der Waals surface area contributed by atoms with Crippen molar-refractivity contribution in [2.24, 2.45) is 0 Å². The molecule has 0 unspecified atom stereocenters. The van der Waals surface area contributed by atoms with Crippen LogP contribution in [0, 0.1) is 0 Å². The van der Waals surface area contributed by atoms with Crippen molar-refractivity contribution >= 4 is 22.7 Å². The molecule has 0 fully saturated rings. The highest BCUT2D eigenvalue weighted by atomic mass is 32.1. The van der Waals surface area contributed by atoms with Crippen LogP contribution in [0.3, 0.4) is 0 Å². The fourth-order valence-electron chi connectivity index (χ4n) is 0.810. The summed E-state index contributed by atoms with van der Waals surface area (Å²) < 4.78 is 0. The van der Waals surface area contributed by atoms with Gasteiger partial charge >= 0.3 is 0 Å². The van der Waals surface area contributed by atoms with E-state index >= 15 is 0 Å². The van der Waals surface area contributed by atoms with Gasteiger partial charge in [-0.1, -0.05) is 0 Å². The van der Waals surface area contributed by atoms with Crippen molar-refractivity contribution in [1.82, 2.24) is 9.97 Å². The Morgan fingerprint density at radius 1 is 1.00 bits per heavy atom. The van der Waals surface area contributed by atoms with Gasteiger partial charge in [0.2, 0.25) is 0 Å². The molecule has 4 heteroatoms. The van der Waals surface area contributed by atoms with Gasteiger partial charge in [-0.05, 0) is 0 Å². The average Bonchev–Trinajstić information content (AvgIpc) is 2.60. The number of rotatable bonds is 2. The first-order valence-electron chi connectivity index (χ1n) is 3.22. The van der Waals surface area contributed by atoms with Crippen molar-refractivity contribution in [1.29, 1.82) is 0 Å². The quantitative estimate of drug-likeness (QED) is 0.711. The maximum Gasteiger partial charge on any atom is 0.0993 e. The monoisotopic (exact) mass is 182 g/mol. The average molecular weight is 182 g/mol. The summed E-state index contributed by atoms with van der Waals surface area (Å²) in [6.07, 6.45) is 4.54. The molecule has 0 atom stereocenters. The van der Waals surface area contributed by atoms with Gasteiger partial charge in [0.1, 0.15) is 0 Å². The van der Waals surface area contributed by atoms with Gasteiger partial charge in [-0.15, -0.1) is 22.7 Å². The molecule has 11 heavy (non-hydrogen) atoms. The maximum atomic E-state index is 4.18. The molecule has 0 aliphatic rings. The van der Waals surface area contributed by atoms with Crippen LogP contribution in [0.1, 0.15) is 10.0 Å². The van der Waals surface area contributed by atoms with E-state index in [0.717, 1.165) is 16.4 Å². The van der Waals surface area contributed by atoms with Gasteiger partial charge < -0.3 is 0 Å². The first-order valence-corrected chi connectivity index (χ1v) is 4.98. The normalized spacial score (nSPS) is 10.2. The number of thiazole rings is 2. The molecule has 2 aromatic heterocycles. The van der Waals surface area contributed by atoms with E-state index in [-0.39, 0.29) is 0 Å². The summed E-state index contributed by atoms with van der Waals surface area (Å²) in [6, 6.07) is 0. The van der Waals surface area contributed by atoms with E-state index in [1.165, 1.54) is 0 Å². The van der Waals surface area contributed by atoms with E-state index in [0.29, 0.717) is 0 Å². The number of hydrogen-bond acceptors (Lipinski definition) is 4. The zero-order valence-electron chi connectivity index (χ0n) is 5.73. The lowest BCUT2D eigenvalue weighted by Crippen LogP contribution is -1.83. The molecule has 0 N–H and O–H groups in total. The molecule has 0 saturated heterocycles. The summed E-state index contributed by atoms with van der Waals surface area (Å²) in [7, 11) is 0. The highest BCUT2D eigenvalue weighted by Gasteiger charge is 1.99. The summed E-state index contributed by atoms with van der Waals surface area (Å²) in [5.74, 6) is 0. The van der Waals surface area contributed by atoms with Crippen LogP contribution in [0.15, 0.2) is 23.2 Å². The van der Waals surface area contributed by atoms with Crippen molar-refractivity contribution in [3.8, 4) is 0 Å². The smallest absolute Gasteiger partial charge is 0.0993 e. The summed E-state index contributed by atoms with van der Waals surface area (Å²) in [6.45, 7) is 0. The van der Waals surface area contributed by atoms with Gasteiger partial charge in [0.15, 0.2) is 0 Å². The predicted octanol–water partition coefficient (Wildman–Crippen LogP) is 2.19. The van der Waals surface area contributed by atoms with Gasteiger partial charge in [0, 0.05) is 23.2 Å². The highest BCUT2D eigenvalue weighted by molar-refractivity contribution is 7.11. The summed E-state index contributed by atoms with van der Waals surface area (Å²) >= 11 is 3.35. The molecule has 0 saturated carbocycles. The molecule has 0 radical (unpaired) electrons. The first kappa shape index (κ1) is 6.94. The third-order valence-electron chi connectivity index (χ3n) is 1.27. The summed E-state index contributed by atoms with van der Waals surface area (Å²) in [4.78, 5) is 8.35. The zero-order chi connectivity index (χ0) is 7.52. The van der Waals surface area contributed by atoms with Crippen LogP contribution in [-0.2, 0) is 6.42 Å². The lowest BCUT2D eigenvalue weighted by Gasteiger charge is -1.87. The fourth-order valence-corrected chi connectivity index (χ4v) is 2.14. The Balaban J connectivity index is 2.14. The lowest BCUT2D eigenvalue weighted by atomic mass is 10.5. The minimum Gasteiger partial charge on any atom is -0.249 e. The van der Waals surface area contributed by atoms with Crippen LogP contribution >= 0.6 is 22.7 Å². The Bertz CT molecular complexity index is 267. The number of aromatic nitrogens is 2. The Morgan fingerprint density at radius 2 is 1.55 bits per heavy atom. The maximum absolute atomic E-state index is 4.18. The van der Waals surface area contributed by atoms with Gasteiger partial charge in [-0.25, -0.2) is 9.97 Å². The second-order valence-electron chi connectivity index (χ2n) is 2.03.